The third-order valence-corrected chi connectivity index (χ3v) is 9.26. The third-order valence-electron chi connectivity index (χ3n) is 7.12. The minimum atomic E-state index is -1.97. The van der Waals surface area contributed by atoms with E-state index in [9.17, 15) is 18.8 Å². The van der Waals surface area contributed by atoms with Crippen molar-refractivity contribution in [1.82, 2.24) is 4.90 Å². The number of carbonyl (C=O) groups excluding carboxylic acids is 3. The average molecular weight is 730 g/mol. The summed E-state index contributed by atoms with van der Waals surface area (Å²) in [4.78, 5) is 40.5. The molecule has 4 rings (SSSR count). The van der Waals surface area contributed by atoms with Gasteiger partial charge in [0.2, 0.25) is 12.5 Å². The number of fused-ring (bicyclic) bond motifs is 1. The number of carbonyl (C=O) groups is 3. The van der Waals surface area contributed by atoms with E-state index < -0.39 is 50.9 Å². The topological polar surface area (TPSA) is 112 Å². The molecule has 1 saturated heterocycles. The number of pyridine rings is 1. The SMILES string of the molecule is COc1ccc(COC(=O)C2=C(CSc3cc[n+](CC(N)=O)cc3)[C@H](CF)[C@@H]3[C@@H]([C@@H](C)O[Si](C)(C)C)C(=O)N23)cc1.[I-]. The molecule has 228 valence electrons. The molecule has 0 bridgehead atoms. The van der Waals surface area contributed by atoms with Gasteiger partial charge in [0.25, 0.3) is 5.91 Å². The number of alkyl halides is 1. The fourth-order valence-electron chi connectivity index (χ4n) is 5.38. The van der Waals surface area contributed by atoms with Crippen LogP contribution in [0.25, 0.3) is 0 Å². The maximum absolute atomic E-state index is 14.7. The van der Waals surface area contributed by atoms with Crippen LogP contribution in [0.4, 0.5) is 4.39 Å². The number of hydrogen-bond donors (Lipinski definition) is 1. The first kappa shape index (κ1) is 34.0. The Morgan fingerprint density at radius 1 is 1.14 bits per heavy atom. The number of primary amides is 1. The van der Waals surface area contributed by atoms with E-state index in [-0.39, 0.29) is 54.5 Å². The number of methoxy groups -OCH3 is 1. The van der Waals surface area contributed by atoms with Crippen LogP contribution < -0.4 is 39.0 Å². The third kappa shape index (κ3) is 7.71. The molecule has 2 aliphatic heterocycles. The Morgan fingerprint density at radius 3 is 2.33 bits per heavy atom. The molecule has 0 radical (unpaired) electrons. The van der Waals surface area contributed by atoms with Crippen LogP contribution in [0.15, 0.2) is 65.0 Å². The van der Waals surface area contributed by atoms with Gasteiger partial charge in [0.05, 0.1) is 31.8 Å². The summed E-state index contributed by atoms with van der Waals surface area (Å²) in [5.74, 6) is -1.58. The van der Waals surface area contributed by atoms with Crippen molar-refractivity contribution in [2.75, 3.05) is 19.5 Å². The highest BCUT2D eigenvalue weighted by molar-refractivity contribution is 7.99. The quantitative estimate of drug-likeness (QED) is 0.0786. The van der Waals surface area contributed by atoms with E-state index in [0.29, 0.717) is 11.3 Å². The molecule has 3 heterocycles. The summed E-state index contributed by atoms with van der Waals surface area (Å²) < 4.78 is 33.5. The normalized spacial score (nSPS) is 20.4. The van der Waals surface area contributed by atoms with Crippen LogP contribution in [-0.2, 0) is 36.7 Å². The molecular formula is C29H37FIN3O6SSi. The average Bonchev–Trinajstić information content (AvgIpc) is 3.19. The molecule has 0 unspecified atom stereocenters. The summed E-state index contributed by atoms with van der Waals surface area (Å²) in [6.45, 7) is 7.32. The number of rotatable bonds is 13. The Labute approximate surface area is 268 Å². The molecule has 2 aliphatic rings. The number of benzene rings is 1. The highest BCUT2D eigenvalue weighted by atomic mass is 127. The maximum Gasteiger partial charge on any atom is 0.355 e. The van der Waals surface area contributed by atoms with E-state index in [1.165, 1.54) is 16.7 Å². The highest BCUT2D eigenvalue weighted by Crippen LogP contribution is 2.49. The summed E-state index contributed by atoms with van der Waals surface area (Å²) >= 11 is 1.42. The van der Waals surface area contributed by atoms with Crippen LogP contribution in [-0.4, -0.2) is 62.7 Å². The summed E-state index contributed by atoms with van der Waals surface area (Å²) in [7, 11) is -0.403. The summed E-state index contributed by atoms with van der Waals surface area (Å²) in [5, 5.41) is 0. The molecule has 2 amide bonds. The maximum atomic E-state index is 14.7. The molecule has 2 aromatic rings. The summed E-state index contributed by atoms with van der Waals surface area (Å²) in [5.41, 5.74) is 6.70. The number of amides is 2. The summed E-state index contributed by atoms with van der Waals surface area (Å²) in [6.07, 6.45) is 3.06. The second-order valence-electron chi connectivity index (χ2n) is 11.2. The van der Waals surface area contributed by atoms with Gasteiger partial charge in [-0.25, -0.2) is 4.79 Å². The monoisotopic (exact) mass is 729 g/mol. The van der Waals surface area contributed by atoms with Crippen LogP contribution in [0.2, 0.25) is 19.6 Å². The van der Waals surface area contributed by atoms with Crippen LogP contribution in [0.5, 0.6) is 5.75 Å². The van der Waals surface area contributed by atoms with Crippen molar-refractivity contribution < 1.29 is 61.2 Å². The molecule has 1 aromatic carbocycles. The first-order valence-electron chi connectivity index (χ1n) is 13.4. The number of halogens is 2. The zero-order chi connectivity index (χ0) is 29.9. The molecule has 9 nitrogen and oxygen atoms in total. The van der Waals surface area contributed by atoms with Crippen molar-refractivity contribution in [2.24, 2.45) is 17.6 Å². The van der Waals surface area contributed by atoms with Crippen molar-refractivity contribution in [3.8, 4) is 5.75 Å². The predicted molar refractivity (Wildman–Crippen MR) is 154 cm³/mol. The van der Waals surface area contributed by atoms with Crippen LogP contribution in [0, 0.1) is 11.8 Å². The van der Waals surface area contributed by atoms with Gasteiger partial charge in [-0.2, -0.15) is 4.57 Å². The molecule has 2 N–H and O–H groups in total. The highest BCUT2D eigenvalue weighted by Gasteiger charge is 2.61. The smallest absolute Gasteiger partial charge is 0.355 e. The van der Waals surface area contributed by atoms with Gasteiger partial charge in [-0.05, 0) is 49.8 Å². The molecule has 1 aromatic heterocycles. The summed E-state index contributed by atoms with van der Waals surface area (Å²) in [6, 6.07) is 10.3. The molecule has 0 spiro atoms. The number of esters is 1. The second kappa shape index (κ2) is 14.3. The first-order chi connectivity index (χ1) is 19.4. The lowest BCUT2D eigenvalue weighted by molar-refractivity contribution is -0.684. The molecule has 13 heteroatoms. The van der Waals surface area contributed by atoms with Gasteiger partial charge >= 0.3 is 5.97 Å². The van der Waals surface area contributed by atoms with Gasteiger partial charge in [-0.3, -0.25) is 14.0 Å². The molecule has 4 atom stereocenters. The molecule has 1 fully saturated rings. The van der Waals surface area contributed by atoms with Crippen molar-refractivity contribution in [3.05, 3.63) is 65.6 Å². The lowest BCUT2D eigenvalue weighted by Gasteiger charge is -2.48. The van der Waals surface area contributed by atoms with Gasteiger partial charge in [0, 0.05) is 28.7 Å². The fourth-order valence-corrected chi connectivity index (χ4v) is 7.63. The van der Waals surface area contributed by atoms with Crippen LogP contribution >= 0.6 is 11.8 Å². The van der Waals surface area contributed by atoms with Gasteiger partial charge in [0.15, 0.2) is 20.7 Å². The first-order valence-corrected chi connectivity index (χ1v) is 17.8. The van der Waals surface area contributed by atoms with Gasteiger partial charge in [0.1, 0.15) is 18.1 Å². The minimum absolute atomic E-state index is 0. The predicted octanol–water partition coefficient (Wildman–Crippen LogP) is 0.228. The van der Waals surface area contributed by atoms with Gasteiger partial charge < -0.3 is 48.5 Å². The number of hydrogen-bond acceptors (Lipinski definition) is 7. The second-order valence-corrected chi connectivity index (χ2v) is 16.7. The van der Waals surface area contributed by atoms with Gasteiger partial charge in [-0.1, -0.05) is 12.1 Å². The number of nitrogens with two attached hydrogens (primary N) is 1. The Morgan fingerprint density at radius 2 is 1.79 bits per heavy atom. The number of thioether (sulfide) groups is 1. The largest absolute Gasteiger partial charge is 1.00 e. The fraction of sp³-hybridized carbons (Fsp3) is 0.448. The van der Waals surface area contributed by atoms with Crippen molar-refractivity contribution in [3.63, 3.8) is 0 Å². The zero-order valence-electron chi connectivity index (χ0n) is 24.3. The standard InChI is InChI=1S/C29H36FN3O6SSi.HI/c1-18(39-41(3,4)5)25-26-22(14-30)23(17-40-21-10-12-32(13-11-21)15-24(31)34)27(33(26)28(25)35)29(36)38-16-19-6-8-20(37-2)9-7-19;/h6-13,18,22,25-26H,14-17H2,1-5H3,(H-,31,34);1H/t18-,22+,25-,26-;/m1./s1. The molecule has 42 heavy (non-hydrogen) atoms. The number of β-lactam (4-membered cyclic amide) rings is 1. The number of nitrogens with zero attached hydrogens (tertiary/aromatic N) is 2. The van der Waals surface area contributed by atoms with E-state index in [0.717, 1.165) is 10.5 Å². The van der Waals surface area contributed by atoms with Crippen molar-refractivity contribution in [1.29, 1.82) is 0 Å². The number of ether oxygens (including phenoxy) is 2. The minimum Gasteiger partial charge on any atom is -1.00 e. The van der Waals surface area contributed by atoms with Crippen molar-refractivity contribution in [2.45, 2.75) is 56.8 Å². The Hall–Kier alpha value is -2.49. The van der Waals surface area contributed by atoms with Crippen LogP contribution in [0.3, 0.4) is 0 Å². The Bertz CT molecular complexity index is 1320. The van der Waals surface area contributed by atoms with Gasteiger partial charge in [-0.15, -0.1) is 11.8 Å². The van der Waals surface area contributed by atoms with Crippen LogP contribution in [0.1, 0.15) is 12.5 Å². The molecular weight excluding hydrogens is 692 g/mol. The molecule has 0 aliphatic carbocycles. The lowest BCUT2D eigenvalue weighted by Crippen LogP contribution is -3.00. The number of aromatic nitrogens is 1. The van der Waals surface area contributed by atoms with E-state index in [1.54, 1.807) is 48.3 Å². The Balaban J connectivity index is 0.00000484. The van der Waals surface area contributed by atoms with E-state index in [1.807, 2.05) is 38.7 Å². The zero-order valence-corrected chi connectivity index (χ0v) is 28.3. The van der Waals surface area contributed by atoms with E-state index in [2.05, 4.69) is 0 Å². The van der Waals surface area contributed by atoms with E-state index in [4.69, 9.17) is 19.6 Å². The Kier molecular flexibility index (Phi) is 11.6. The van der Waals surface area contributed by atoms with E-state index >= 15 is 0 Å². The molecule has 0 saturated carbocycles. The van der Waals surface area contributed by atoms with Crippen molar-refractivity contribution >= 4 is 37.9 Å². The lowest BCUT2D eigenvalue weighted by atomic mass is 9.77.